The van der Waals surface area contributed by atoms with Gasteiger partial charge in [0, 0.05) is 11.6 Å². The van der Waals surface area contributed by atoms with Crippen LogP contribution in [0.25, 0.3) is 0 Å². The van der Waals surface area contributed by atoms with Crippen LogP contribution in [0.4, 0.5) is 0 Å². The molecule has 1 fully saturated rings. The summed E-state index contributed by atoms with van der Waals surface area (Å²) in [4.78, 5) is 4.78. The summed E-state index contributed by atoms with van der Waals surface area (Å²) in [7, 11) is 0. The van der Waals surface area contributed by atoms with Crippen LogP contribution in [0.1, 0.15) is 40.1 Å². The molecule has 1 saturated heterocycles. The molecule has 1 aliphatic heterocycles. The lowest BCUT2D eigenvalue weighted by Crippen LogP contribution is -2.66. The molecule has 7 nitrogen and oxygen atoms in total. The third kappa shape index (κ3) is 9.62. The van der Waals surface area contributed by atoms with Crippen LogP contribution in [0.3, 0.4) is 0 Å². The Balaban J connectivity index is 1.40. The monoisotopic (exact) mass is 691 g/mol. The number of ether oxygens (including phenoxy) is 6. The molecule has 0 bridgehead atoms. The molecule has 0 unspecified atom stereocenters. The van der Waals surface area contributed by atoms with Crippen molar-refractivity contribution in [2.24, 2.45) is 0 Å². The van der Waals surface area contributed by atoms with Crippen LogP contribution >= 0.6 is 11.3 Å². The number of rotatable bonds is 19. The molecule has 0 N–H and O–H groups in total. The summed E-state index contributed by atoms with van der Waals surface area (Å²) in [6.07, 6.45) is 2.64. The minimum absolute atomic E-state index is 0.230. The number of hydrogen-bond donors (Lipinski definition) is 0. The van der Waals surface area contributed by atoms with Crippen molar-refractivity contribution in [3.63, 3.8) is 0 Å². The van der Waals surface area contributed by atoms with Gasteiger partial charge in [0.05, 0.1) is 39.6 Å². The average Bonchev–Trinajstić information content (AvgIpc) is 3.72. The van der Waals surface area contributed by atoms with Crippen LogP contribution < -0.4 is 0 Å². The first-order valence-corrected chi connectivity index (χ1v) is 18.0. The van der Waals surface area contributed by atoms with Gasteiger partial charge in [-0.25, -0.2) is 4.98 Å². The Bertz CT molecular complexity index is 1660. The van der Waals surface area contributed by atoms with E-state index in [1.165, 1.54) is 11.3 Å². The number of unbranched alkanes of at least 4 members (excludes halogenated alkanes) is 1. The molecule has 0 saturated carbocycles. The van der Waals surface area contributed by atoms with Gasteiger partial charge in [0.25, 0.3) is 5.79 Å². The lowest BCUT2D eigenvalue weighted by Gasteiger charge is -2.51. The Morgan fingerprint density at radius 1 is 0.680 bits per heavy atom. The highest BCUT2D eigenvalue weighted by molar-refractivity contribution is 7.09. The fraction of sp³-hybridized carbons (Fsp3) is 0.310. The second-order valence-corrected chi connectivity index (χ2v) is 13.1. The van der Waals surface area contributed by atoms with Gasteiger partial charge in [-0.2, -0.15) is 0 Å². The summed E-state index contributed by atoms with van der Waals surface area (Å²) in [6, 6.07) is 40.5. The molecular weight excluding hydrogens is 647 g/mol. The standard InChI is InChI=1S/C42H45NO6S/c1-2-3-16-26-48-42(41-43-25-27-50-41)40(47-31-36-23-14-7-15-24-36)39(46-30-35-21-12-6-13-22-35)38(45-29-34-19-10-5-11-20-34)37(49-42)32-44-28-33-17-8-4-9-18-33/h2,4-15,17-25,27,37-40H,1,3,16,26,28-32H2/t37-,38+,39+,40-,42-/m1/s1. The molecule has 8 heteroatoms. The Hall–Kier alpha value is -3.99. The van der Waals surface area contributed by atoms with E-state index in [-0.39, 0.29) is 6.61 Å². The molecule has 4 aromatic carbocycles. The predicted molar refractivity (Wildman–Crippen MR) is 195 cm³/mol. The molecule has 6 rings (SSSR count). The Morgan fingerprint density at radius 2 is 1.20 bits per heavy atom. The molecule has 0 amide bonds. The number of allylic oxidation sites excluding steroid dienone is 1. The van der Waals surface area contributed by atoms with E-state index in [0.717, 1.165) is 35.1 Å². The van der Waals surface area contributed by atoms with E-state index >= 15 is 0 Å². The average molecular weight is 692 g/mol. The van der Waals surface area contributed by atoms with Gasteiger partial charge in [0.1, 0.15) is 24.4 Å². The van der Waals surface area contributed by atoms with E-state index in [1.807, 2.05) is 109 Å². The lowest BCUT2D eigenvalue weighted by atomic mass is 9.91. The number of hydrogen-bond acceptors (Lipinski definition) is 8. The molecule has 2 heterocycles. The summed E-state index contributed by atoms with van der Waals surface area (Å²) in [5.41, 5.74) is 4.16. The highest BCUT2D eigenvalue weighted by Gasteiger charge is 2.60. The summed E-state index contributed by atoms with van der Waals surface area (Å²) in [5.74, 6) is -1.40. The second-order valence-electron chi connectivity index (χ2n) is 12.2. The lowest BCUT2D eigenvalue weighted by molar-refractivity contribution is -0.391. The smallest absolute Gasteiger partial charge is 0.252 e. The summed E-state index contributed by atoms with van der Waals surface area (Å²) < 4.78 is 41.1. The molecule has 0 radical (unpaired) electrons. The fourth-order valence-corrected chi connectivity index (χ4v) is 6.79. The van der Waals surface area contributed by atoms with E-state index in [4.69, 9.17) is 33.4 Å². The zero-order valence-corrected chi connectivity index (χ0v) is 29.1. The molecular formula is C42H45NO6S. The van der Waals surface area contributed by atoms with Crippen molar-refractivity contribution in [1.82, 2.24) is 4.98 Å². The van der Waals surface area contributed by atoms with Gasteiger partial charge in [-0.3, -0.25) is 0 Å². The van der Waals surface area contributed by atoms with Crippen LogP contribution in [0.15, 0.2) is 146 Å². The zero-order valence-electron chi connectivity index (χ0n) is 28.3. The van der Waals surface area contributed by atoms with Gasteiger partial charge < -0.3 is 28.4 Å². The highest BCUT2D eigenvalue weighted by Crippen LogP contribution is 2.45. The van der Waals surface area contributed by atoms with Crippen LogP contribution in [-0.2, 0) is 60.6 Å². The first-order valence-electron chi connectivity index (χ1n) is 17.2. The summed E-state index contributed by atoms with van der Waals surface area (Å²) in [5, 5.41) is 2.58. The number of thiazole rings is 1. The minimum Gasteiger partial charge on any atom is -0.374 e. The maximum absolute atomic E-state index is 7.17. The maximum Gasteiger partial charge on any atom is 0.252 e. The molecule has 5 aromatic rings. The maximum atomic E-state index is 7.17. The van der Waals surface area contributed by atoms with Crippen LogP contribution in [0, 0.1) is 0 Å². The van der Waals surface area contributed by atoms with Gasteiger partial charge in [0.2, 0.25) is 0 Å². The van der Waals surface area contributed by atoms with Crippen LogP contribution in [0.5, 0.6) is 0 Å². The molecule has 0 aliphatic carbocycles. The normalized spacial score (nSPS) is 21.9. The molecule has 260 valence electrons. The molecule has 5 atom stereocenters. The number of aromatic nitrogens is 1. The molecule has 50 heavy (non-hydrogen) atoms. The first kappa shape index (κ1) is 35.8. The molecule has 0 spiro atoms. The Morgan fingerprint density at radius 3 is 1.72 bits per heavy atom. The topological polar surface area (TPSA) is 68.3 Å². The fourth-order valence-electron chi connectivity index (χ4n) is 6.03. The van der Waals surface area contributed by atoms with E-state index in [9.17, 15) is 0 Å². The third-order valence-electron chi connectivity index (χ3n) is 8.53. The van der Waals surface area contributed by atoms with E-state index in [0.29, 0.717) is 38.0 Å². The van der Waals surface area contributed by atoms with Gasteiger partial charge in [-0.15, -0.1) is 17.9 Å². The van der Waals surface area contributed by atoms with Crippen molar-refractivity contribution >= 4 is 11.3 Å². The van der Waals surface area contributed by atoms with Crippen molar-refractivity contribution in [1.29, 1.82) is 0 Å². The predicted octanol–water partition coefficient (Wildman–Crippen LogP) is 8.65. The molecule has 1 aromatic heterocycles. The SMILES string of the molecule is C=CCCCO[C@@]1(c2nccs2)O[C@H](COCc2ccccc2)[C@H](OCc2ccccc2)[C@H](OCc2ccccc2)[C@H]1OCc1ccccc1. The Kier molecular flexibility index (Phi) is 13.5. The quantitative estimate of drug-likeness (QED) is 0.0634. The first-order chi connectivity index (χ1) is 24.7. The van der Waals surface area contributed by atoms with Gasteiger partial charge in [-0.05, 0) is 35.1 Å². The van der Waals surface area contributed by atoms with Gasteiger partial charge in [0.15, 0.2) is 5.01 Å². The van der Waals surface area contributed by atoms with Crippen molar-refractivity contribution in [3.8, 4) is 0 Å². The molecule has 1 aliphatic rings. The Labute approximate surface area is 299 Å². The minimum atomic E-state index is -1.40. The van der Waals surface area contributed by atoms with Crippen molar-refractivity contribution in [2.45, 2.75) is 69.5 Å². The van der Waals surface area contributed by atoms with Crippen LogP contribution in [0.2, 0.25) is 0 Å². The van der Waals surface area contributed by atoms with E-state index in [2.05, 4.69) is 30.8 Å². The third-order valence-corrected chi connectivity index (χ3v) is 9.40. The highest BCUT2D eigenvalue weighted by atomic mass is 32.1. The summed E-state index contributed by atoms with van der Waals surface area (Å²) in [6.45, 7) is 5.95. The number of benzene rings is 4. The van der Waals surface area contributed by atoms with Gasteiger partial charge >= 0.3 is 0 Å². The van der Waals surface area contributed by atoms with E-state index < -0.39 is 30.2 Å². The van der Waals surface area contributed by atoms with Crippen molar-refractivity contribution in [3.05, 3.63) is 173 Å². The van der Waals surface area contributed by atoms with Crippen molar-refractivity contribution < 1.29 is 28.4 Å². The van der Waals surface area contributed by atoms with E-state index in [1.54, 1.807) is 6.20 Å². The number of nitrogens with zero attached hydrogens (tertiary/aromatic N) is 1. The zero-order chi connectivity index (χ0) is 34.3. The second kappa shape index (κ2) is 18.8. The van der Waals surface area contributed by atoms with Gasteiger partial charge in [-0.1, -0.05) is 127 Å². The summed E-state index contributed by atoms with van der Waals surface area (Å²) >= 11 is 1.47. The van der Waals surface area contributed by atoms with Crippen molar-refractivity contribution in [2.75, 3.05) is 13.2 Å². The largest absolute Gasteiger partial charge is 0.374 e. The van der Waals surface area contributed by atoms with Crippen LogP contribution in [-0.4, -0.2) is 42.6 Å².